The molecular weight excluding hydrogens is 340 g/mol. The van der Waals surface area contributed by atoms with Crippen molar-refractivity contribution in [2.75, 3.05) is 10.6 Å². The standard InChI is InChI=1S/C21H22N4O2/c1-12-9-13(2)20(14(3)10-12)25-19-11-18(22-15(4)23-19)24-17-8-6-5-7-16(17)21(26)27/h5-11H,1-4H3,(H,26,27)(H2,22,23,24,25). The molecule has 6 nitrogen and oxygen atoms in total. The lowest BCUT2D eigenvalue weighted by molar-refractivity contribution is 0.0698. The van der Waals surface area contributed by atoms with Gasteiger partial charge < -0.3 is 15.7 Å². The Balaban J connectivity index is 1.93. The Bertz CT molecular complexity index is 992. The fraction of sp³-hybridized carbons (Fsp3) is 0.190. The topological polar surface area (TPSA) is 87.1 Å². The van der Waals surface area contributed by atoms with E-state index in [1.54, 1.807) is 37.3 Å². The second-order valence-electron chi connectivity index (χ2n) is 6.56. The lowest BCUT2D eigenvalue weighted by Crippen LogP contribution is -2.06. The number of anilines is 4. The number of carboxylic acids is 1. The van der Waals surface area contributed by atoms with Gasteiger partial charge in [-0.1, -0.05) is 29.8 Å². The van der Waals surface area contributed by atoms with Crippen LogP contribution in [0.5, 0.6) is 0 Å². The van der Waals surface area contributed by atoms with Gasteiger partial charge in [0.15, 0.2) is 0 Å². The van der Waals surface area contributed by atoms with E-state index in [0.29, 0.717) is 23.1 Å². The summed E-state index contributed by atoms with van der Waals surface area (Å²) in [4.78, 5) is 20.2. The summed E-state index contributed by atoms with van der Waals surface area (Å²) in [5.41, 5.74) is 5.16. The maximum absolute atomic E-state index is 11.4. The van der Waals surface area contributed by atoms with Gasteiger partial charge in [0.2, 0.25) is 0 Å². The summed E-state index contributed by atoms with van der Waals surface area (Å²) in [7, 11) is 0. The van der Waals surface area contributed by atoms with Crippen LogP contribution in [0, 0.1) is 27.7 Å². The highest BCUT2D eigenvalue weighted by molar-refractivity contribution is 5.95. The van der Waals surface area contributed by atoms with Crippen LogP contribution in [0.3, 0.4) is 0 Å². The second-order valence-corrected chi connectivity index (χ2v) is 6.56. The van der Waals surface area contributed by atoms with Crippen LogP contribution in [0.2, 0.25) is 0 Å². The quantitative estimate of drug-likeness (QED) is 0.599. The molecule has 0 saturated heterocycles. The van der Waals surface area contributed by atoms with Crippen LogP contribution in [0.15, 0.2) is 42.5 Å². The van der Waals surface area contributed by atoms with Crippen molar-refractivity contribution in [1.82, 2.24) is 9.97 Å². The van der Waals surface area contributed by atoms with Gasteiger partial charge in [-0.15, -0.1) is 0 Å². The van der Waals surface area contributed by atoms with Crippen LogP contribution in [0.25, 0.3) is 0 Å². The number of nitrogens with zero attached hydrogens (tertiary/aromatic N) is 2. The lowest BCUT2D eigenvalue weighted by Gasteiger charge is -2.15. The van der Waals surface area contributed by atoms with Crippen LogP contribution >= 0.6 is 0 Å². The molecule has 3 N–H and O–H groups in total. The number of aromatic nitrogens is 2. The van der Waals surface area contributed by atoms with E-state index >= 15 is 0 Å². The number of rotatable bonds is 5. The van der Waals surface area contributed by atoms with Crippen LogP contribution in [0.4, 0.5) is 23.0 Å². The monoisotopic (exact) mass is 362 g/mol. The Morgan fingerprint density at radius 2 is 1.48 bits per heavy atom. The Hall–Kier alpha value is -3.41. The van der Waals surface area contributed by atoms with Crippen molar-refractivity contribution < 1.29 is 9.90 Å². The average Bonchev–Trinajstić information content (AvgIpc) is 2.58. The molecule has 0 aliphatic rings. The van der Waals surface area contributed by atoms with Gasteiger partial charge in [0.05, 0.1) is 11.3 Å². The van der Waals surface area contributed by atoms with Crippen LogP contribution < -0.4 is 10.6 Å². The molecule has 1 heterocycles. The maximum atomic E-state index is 11.4. The Labute approximate surface area is 158 Å². The van der Waals surface area contributed by atoms with Gasteiger partial charge in [0, 0.05) is 11.8 Å². The van der Waals surface area contributed by atoms with Crippen LogP contribution in [-0.4, -0.2) is 21.0 Å². The zero-order valence-electron chi connectivity index (χ0n) is 15.8. The number of benzene rings is 2. The van der Waals surface area contributed by atoms with Crippen molar-refractivity contribution in [3.8, 4) is 0 Å². The minimum atomic E-state index is -0.992. The molecule has 0 aliphatic carbocycles. The summed E-state index contributed by atoms with van der Waals surface area (Å²) in [6, 6.07) is 12.7. The van der Waals surface area contributed by atoms with Gasteiger partial charge >= 0.3 is 5.97 Å². The van der Waals surface area contributed by atoms with Crippen molar-refractivity contribution in [2.45, 2.75) is 27.7 Å². The third kappa shape index (κ3) is 4.23. The van der Waals surface area contributed by atoms with Crippen LogP contribution in [0.1, 0.15) is 32.9 Å². The first-order valence-corrected chi connectivity index (χ1v) is 8.63. The number of nitrogens with one attached hydrogen (secondary N) is 2. The van der Waals surface area contributed by atoms with Gasteiger partial charge in [-0.2, -0.15) is 0 Å². The number of aryl methyl sites for hydroxylation is 4. The molecule has 0 saturated carbocycles. The largest absolute Gasteiger partial charge is 0.478 e. The molecule has 0 fully saturated rings. The normalized spacial score (nSPS) is 10.5. The number of para-hydroxylation sites is 1. The highest BCUT2D eigenvalue weighted by Gasteiger charge is 2.11. The number of carbonyl (C=O) groups is 1. The van der Waals surface area contributed by atoms with Crippen molar-refractivity contribution >= 4 is 29.0 Å². The second kappa shape index (κ2) is 7.45. The molecule has 3 rings (SSSR count). The van der Waals surface area contributed by atoms with E-state index in [4.69, 9.17) is 0 Å². The third-order valence-electron chi connectivity index (χ3n) is 4.19. The molecule has 0 unspecified atom stereocenters. The molecule has 3 aromatic rings. The summed E-state index contributed by atoms with van der Waals surface area (Å²) in [5, 5.41) is 15.8. The third-order valence-corrected chi connectivity index (χ3v) is 4.19. The number of carboxylic acid groups (broad SMARTS) is 1. The summed E-state index contributed by atoms with van der Waals surface area (Å²) in [5.74, 6) is 0.764. The summed E-state index contributed by atoms with van der Waals surface area (Å²) in [6.07, 6.45) is 0. The van der Waals surface area contributed by atoms with Crippen molar-refractivity contribution in [3.63, 3.8) is 0 Å². The molecule has 1 aromatic heterocycles. The molecule has 0 atom stereocenters. The number of hydrogen-bond acceptors (Lipinski definition) is 5. The zero-order valence-corrected chi connectivity index (χ0v) is 15.8. The van der Waals surface area contributed by atoms with Gasteiger partial charge in [-0.3, -0.25) is 0 Å². The molecule has 0 radical (unpaired) electrons. The Morgan fingerprint density at radius 1 is 0.889 bits per heavy atom. The minimum absolute atomic E-state index is 0.188. The van der Waals surface area contributed by atoms with E-state index < -0.39 is 5.97 Å². The van der Waals surface area contributed by atoms with E-state index in [1.807, 2.05) is 0 Å². The first kappa shape index (κ1) is 18.4. The number of hydrogen-bond donors (Lipinski definition) is 3. The zero-order chi connectivity index (χ0) is 19.6. The minimum Gasteiger partial charge on any atom is -0.478 e. The predicted octanol–water partition coefficient (Wildman–Crippen LogP) is 4.90. The fourth-order valence-electron chi connectivity index (χ4n) is 3.12. The predicted molar refractivity (Wildman–Crippen MR) is 107 cm³/mol. The molecule has 138 valence electrons. The SMILES string of the molecule is Cc1cc(C)c(Nc2cc(Nc3ccccc3C(=O)O)nc(C)n2)c(C)c1. The highest BCUT2D eigenvalue weighted by Crippen LogP contribution is 2.27. The van der Waals surface area contributed by atoms with Crippen molar-refractivity contribution in [1.29, 1.82) is 0 Å². The molecule has 6 heteroatoms. The van der Waals surface area contributed by atoms with Gasteiger partial charge in [-0.05, 0) is 51.0 Å². The van der Waals surface area contributed by atoms with Gasteiger partial charge in [0.25, 0.3) is 0 Å². The maximum Gasteiger partial charge on any atom is 0.337 e. The van der Waals surface area contributed by atoms with E-state index in [0.717, 1.165) is 16.8 Å². The molecule has 2 aromatic carbocycles. The average molecular weight is 362 g/mol. The first-order chi connectivity index (χ1) is 12.8. The highest BCUT2D eigenvalue weighted by atomic mass is 16.4. The van der Waals surface area contributed by atoms with Crippen molar-refractivity contribution in [2.24, 2.45) is 0 Å². The molecule has 27 heavy (non-hydrogen) atoms. The lowest BCUT2D eigenvalue weighted by atomic mass is 10.1. The molecular formula is C21H22N4O2. The Morgan fingerprint density at radius 3 is 2.11 bits per heavy atom. The molecule has 0 bridgehead atoms. The first-order valence-electron chi connectivity index (χ1n) is 8.63. The summed E-state index contributed by atoms with van der Waals surface area (Å²) >= 11 is 0. The number of aromatic carboxylic acids is 1. The van der Waals surface area contributed by atoms with Gasteiger partial charge in [-0.25, -0.2) is 14.8 Å². The smallest absolute Gasteiger partial charge is 0.337 e. The molecule has 0 amide bonds. The Kier molecular flexibility index (Phi) is 5.07. The van der Waals surface area contributed by atoms with E-state index in [9.17, 15) is 9.90 Å². The molecule has 0 aliphatic heterocycles. The molecule has 0 spiro atoms. The van der Waals surface area contributed by atoms with Crippen molar-refractivity contribution in [3.05, 3.63) is 70.5 Å². The van der Waals surface area contributed by atoms with Gasteiger partial charge in [0.1, 0.15) is 17.5 Å². The van der Waals surface area contributed by atoms with E-state index in [1.165, 1.54) is 5.56 Å². The van der Waals surface area contributed by atoms with Crippen LogP contribution in [-0.2, 0) is 0 Å². The van der Waals surface area contributed by atoms with E-state index in [-0.39, 0.29) is 5.56 Å². The fourth-order valence-corrected chi connectivity index (χ4v) is 3.12. The summed E-state index contributed by atoms with van der Waals surface area (Å²) < 4.78 is 0. The van der Waals surface area contributed by atoms with E-state index in [2.05, 4.69) is 53.5 Å². The summed E-state index contributed by atoms with van der Waals surface area (Å²) in [6.45, 7) is 7.98.